The first kappa shape index (κ1) is 19.3. The molecule has 1 fully saturated rings. The van der Waals surface area contributed by atoms with Gasteiger partial charge >= 0.3 is 0 Å². The van der Waals surface area contributed by atoms with E-state index in [0.29, 0.717) is 20.0 Å². The van der Waals surface area contributed by atoms with Gasteiger partial charge in [-0.3, -0.25) is 4.79 Å². The minimum atomic E-state index is -3.58. The number of hydrogen-bond acceptors (Lipinski definition) is 4. The van der Waals surface area contributed by atoms with E-state index in [0.717, 1.165) is 11.3 Å². The number of hydrogen-bond donors (Lipinski definition) is 0. The lowest BCUT2D eigenvalue weighted by atomic mass is 10.2. The molecule has 0 unspecified atom stereocenters. The molecule has 3 aromatic rings. The van der Waals surface area contributed by atoms with Crippen LogP contribution in [0.1, 0.15) is 9.67 Å². The lowest BCUT2D eigenvalue weighted by Crippen LogP contribution is -2.50. The van der Waals surface area contributed by atoms with Crippen molar-refractivity contribution >= 4 is 49.0 Å². The molecule has 2 aromatic carbocycles. The van der Waals surface area contributed by atoms with Crippen LogP contribution in [0, 0.1) is 5.82 Å². The number of nitrogens with zero attached hydrogens (tertiary/aromatic N) is 2. The summed E-state index contributed by atoms with van der Waals surface area (Å²) in [5.74, 6) is -0.646. The lowest BCUT2D eigenvalue weighted by Gasteiger charge is -2.33. The average molecular weight is 439 g/mol. The molecule has 0 saturated carbocycles. The molecule has 0 N–H and O–H groups in total. The molecule has 146 valence electrons. The van der Waals surface area contributed by atoms with Crippen molar-refractivity contribution in [3.8, 4) is 0 Å². The van der Waals surface area contributed by atoms with Crippen molar-refractivity contribution in [3.63, 3.8) is 0 Å². The van der Waals surface area contributed by atoms with Crippen molar-refractivity contribution in [1.29, 1.82) is 0 Å². The molecule has 4 rings (SSSR count). The van der Waals surface area contributed by atoms with Crippen LogP contribution in [0.25, 0.3) is 10.1 Å². The molecule has 28 heavy (non-hydrogen) atoms. The average Bonchev–Trinajstić information content (AvgIpc) is 3.04. The summed E-state index contributed by atoms with van der Waals surface area (Å²) in [5.41, 5.74) is 0. The number of carbonyl (C=O) groups is 1. The monoisotopic (exact) mass is 438 g/mol. The Morgan fingerprint density at radius 2 is 1.71 bits per heavy atom. The number of sulfonamides is 1. The van der Waals surface area contributed by atoms with Gasteiger partial charge in [-0.15, -0.1) is 11.3 Å². The van der Waals surface area contributed by atoms with Crippen LogP contribution in [0.4, 0.5) is 4.39 Å². The summed E-state index contributed by atoms with van der Waals surface area (Å²) in [4.78, 5) is 15.1. The number of halogens is 2. The van der Waals surface area contributed by atoms with Gasteiger partial charge in [-0.2, -0.15) is 4.31 Å². The minimum Gasteiger partial charge on any atom is -0.335 e. The summed E-state index contributed by atoms with van der Waals surface area (Å²) >= 11 is 7.49. The van der Waals surface area contributed by atoms with Crippen LogP contribution in [0.5, 0.6) is 0 Å². The molecule has 1 aromatic heterocycles. The molecule has 0 radical (unpaired) electrons. The third kappa shape index (κ3) is 3.41. The molecule has 1 saturated heterocycles. The molecule has 0 aliphatic carbocycles. The summed E-state index contributed by atoms with van der Waals surface area (Å²) in [6.07, 6.45) is 0. The first-order valence-electron chi connectivity index (χ1n) is 8.60. The van der Waals surface area contributed by atoms with E-state index < -0.39 is 10.0 Å². The van der Waals surface area contributed by atoms with Crippen LogP contribution in [-0.2, 0) is 10.0 Å². The third-order valence-electron chi connectivity index (χ3n) is 4.69. The highest BCUT2D eigenvalue weighted by Gasteiger charge is 2.31. The van der Waals surface area contributed by atoms with Gasteiger partial charge in [0, 0.05) is 36.3 Å². The Kier molecular flexibility index (Phi) is 5.13. The summed E-state index contributed by atoms with van der Waals surface area (Å²) in [6, 6.07) is 12.5. The molecule has 0 bridgehead atoms. The number of rotatable bonds is 3. The summed E-state index contributed by atoms with van der Waals surface area (Å²) in [6.45, 7) is 0.952. The zero-order chi connectivity index (χ0) is 19.9. The largest absolute Gasteiger partial charge is 0.335 e. The van der Waals surface area contributed by atoms with E-state index in [9.17, 15) is 17.6 Å². The number of amides is 1. The van der Waals surface area contributed by atoms with Crippen molar-refractivity contribution < 1.29 is 17.6 Å². The Labute approximate surface area is 171 Å². The molecule has 0 atom stereocenters. The highest BCUT2D eigenvalue weighted by molar-refractivity contribution is 7.89. The van der Waals surface area contributed by atoms with Gasteiger partial charge in [0.2, 0.25) is 10.0 Å². The maximum absolute atomic E-state index is 13.4. The number of carbonyl (C=O) groups excluding carboxylic acids is 1. The Morgan fingerprint density at radius 3 is 2.39 bits per heavy atom. The Bertz CT molecular complexity index is 1140. The smallest absolute Gasteiger partial charge is 0.265 e. The van der Waals surface area contributed by atoms with Crippen LogP contribution in [0.3, 0.4) is 0 Å². The quantitative estimate of drug-likeness (QED) is 0.624. The van der Waals surface area contributed by atoms with Gasteiger partial charge in [-0.1, -0.05) is 29.8 Å². The standard InChI is InChI=1S/C19H16ClFN2O3S2/c20-17-15-7-6-13(21)12-16(15)27-18(17)19(24)22-8-10-23(11-9-22)28(25,26)14-4-2-1-3-5-14/h1-7,12H,8-11H2. The van der Waals surface area contributed by atoms with E-state index in [4.69, 9.17) is 11.6 Å². The zero-order valence-corrected chi connectivity index (χ0v) is 17.0. The molecule has 9 heteroatoms. The molecule has 1 aliphatic rings. The summed E-state index contributed by atoms with van der Waals surface area (Å²) in [5, 5.41) is 0.950. The number of piperazine rings is 1. The fraction of sp³-hybridized carbons (Fsp3) is 0.211. The second-order valence-electron chi connectivity index (χ2n) is 6.39. The van der Waals surface area contributed by atoms with Crippen molar-refractivity contribution in [1.82, 2.24) is 9.21 Å². The van der Waals surface area contributed by atoms with Crippen LogP contribution in [0.15, 0.2) is 53.4 Å². The van der Waals surface area contributed by atoms with E-state index >= 15 is 0 Å². The molecular formula is C19H16ClFN2O3S2. The summed E-state index contributed by atoms with van der Waals surface area (Å²) in [7, 11) is -3.58. The SMILES string of the molecule is O=C(c1sc2cc(F)ccc2c1Cl)N1CCN(S(=O)(=O)c2ccccc2)CC1. The molecule has 5 nitrogen and oxygen atoms in total. The van der Waals surface area contributed by atoms with Crippen LogP contribution in [0.2, 0.25) is 5.02 Å². The maximum atomic E-state index is 13.4. The normalized spacial score (nSPS) is 15.9. The predicted octanol–water partition coefficient (Wildman–Crippen LogP) is 3.84. The van der Waals surface area contributed by atoms with Gasteiger partial charge in [0.1, 0.15) is 10.7 Å². The molecule has 0 spiro atoms. The van der Waals surface area contributed by atoms with E-state index in [-0.39, 0.29) is 42.8 Å². The van der Waals surface area contributed by atoms with E-state index in [1.54, 1.807) is 41.3 Å². The highest BCUT2D eigenvalue weighted by Crippen LogP contribution is 2.36. The second-order valence-corrected chi connectivity index (χ2v) is 9.76. The Hall–Kier alpha value is -2.00. The first-order valence-corrected chi connectivity index (χ1v) is 11.2. The van der Waals surface area contributed by atoms with Crippen LogP contribution < -0.4 is 0 Å². The number of benzene rings is 2. The Morgan fingerprint density at radius 1 is 1.04 bits per heavy atom. The van der Waals surface area contributed by atoms with Crippen LogP contribution in [-0.4, -0.2) is 49.7 Å². The van der Waals surface area contributed by atoms with Gasteiger partial charge in [0.15, 0.2) is 0 Å². The number of fused-ring (bicyclic) bond motifs is 1. The van der Waals surface area contributed by atoms with E-state index in [2.05, 4.69) is 0 Å². The van der Waals surface area contributed by atoms with Gasteiger partial charge < -0.3 is 4.90 Å². The zero-order valence-electron chi connectivity index (χ0n) is 14.6. The topological polar surface area (TPSA) is 57.7 Å². The fourth-order valence-corrected chi connectivity index (χ4v) is 6.14. The maximum Gasteiger partial charge on any atom is 0.265 e. The molecule has 2 heterocycles. The summed E-state index contributed by atoms with van der Waals surface area (Å²) < 4.78 is 40.8. The van der Waals surface area contributed by atoms with E-state index in [1.165, 1.54) is 16.4 Å². The number of thiophene rings is 1. The van der Waals surface area contributed by atoms with Crippen molar-refractivity contribution in [2.45, 2.75) is 4.90 Å². The van der Waals surface area contributed by atoms with Gasteiger partial charge in [-0.05, 0) is 30.3 Å². The lowest BCUT2D eigenvalue weighted by molar-refractivity contribution is 0.0703. The van der Waals surface area contributed by atoms with Crippen molar-refractivity contribution in [3.05, 3.63) is 64.2 Å². The molecular weight excluding hydrogens is 423 g/mol. The van der Waals surface area contributed by atoms with Gasteiger partial charge in [-0.25, -0.2) is 12.8 Å². The van der Waals surface area contributed by atoms with E-state index in [1.807, 2.05) is 0 Å². The molecule has 1 aliphatic heterocycles. The minimum absolute atomic E-state index is 0.208. The second kappa shape index (κ2) is 7.44. The molecule has 1 amide bonds. The predicted molar refractivity (Wildman–Crippen MR) is 108 cm³/mol. The fourth-order valence-electron chi connectivity index (χ4n) is 3.19. The van der Waals surface area contributed by atoms with Crippen molar-refractivity contribution in [2.75, 3.05) is 26.2 Å². The van der Waals surface area contributed by atoms with Crippen LogP contribution >= 0.6 is 22.9 Å². The van der Waals surface area contributed by atoms with Crippen molar-refractivity contribution in [2.24, 2.45) is 0 Å². The van der Waals surface area contributed by atoms with Gasteiger partial charge in [0.05, 0.1) is 9.92 Å². The Balaban J connectivity index is 1.51. The highest BCUT2D eigenvalue weighted by atomic mass is 35.5. The third-order valence-corrected chi connectivity index (χ3v) is 8.25. The first-order chi connectivity index (χ1) is 13.4. The van der Waals surface area contributed by atoms with Gasteiger partial charge in [0.25, 0.3) is 5.91 Å².